The first-order valence-electron chi connectivity index (χ1n) is 19.2. The summed E-state index contributed by atoms with van der Waals surface area (Å²) in [6.45, 7) is 6.61. The number of hydrogen-bond donors (Lipinski definition) is 0. The molecule has 4 nitrogen and oxygen atoms in total. The van der Waals surface area contributed by atoms with Gasteiger partial charge in [0, 0.05) is 60.6 Å². The van der Waals surface area contributed by atoms with Gasteiger partial charge in [0.05, 0.1) is 22.1 Å². The van der Waals surface area contributed by atoms with Gasteiger partial charge in [0.1, 0.15) is 22.5 Å². The molecule has 262 valence electrons. The lowest BCUT2D eigenvalue weighted by atomic mass is 9.85. The van der Waals surface area contributed by atoms with Crippen molar-refractivity contribution in [2.24, 2.45) is 0 Å². The molecular weight excluding hydrogens is 673 g/mol. The topological polar surface area (TPSA) is 36.1 Å². The minimum atomic E-state index is 0.240. The van der Waals surface area contributed by atoms with Gasteiger partial charge in [-0.15, -0.1) is 0 Å². The molecule has 4 aromatic heterocycles. The number of furan rings is 2. The number of aromatic nitrogens is 2. The molecule has 1 unspecified atom stereocenters. The van der Waals surface area contributed by atoms with Crippen molar-refractivity contribution in [1.82, 2.24) is 9.13 Å². The summed E-state index contributed by atoms with van der Waals surface area (Å²) in [5, 5.41) is 8.49. The Labute approximate surface area is 317 Å². The van der Waals surface area contributed by atoms with Crippen LogP contribution >= 0.6 is 0 Å². The van der Waals surface area contributed by atoms with Gasteiger partial charge in [-0.2, -0.15) is 0 Å². The van der Waals surface area contributed by atoms with Gasteiger partial charge in [0.2, 0.25) is 0 Å². The van der Waals surface area contributed by atoms with Crippen LogP contribution in [0.25, 0.3) is 99.5 Å². The Balaban J connectivity index is 1.00. The molecule has 0 aliphatic heterocycles. The third-order valence-corrected chi connectivity index (χ3v) is 12.0. The molecule has 0 N–H and O–H groups in total. The molecule has 55 heavy (non-hydrogen) atoms. The lowest BCUT2D eigenvalue weighted by molar-refractivity contribution is 0.506. The smallest absolute Gasteiger partial charge is 0.135 e. The van der Waals surface area contributed by atoms with Gasteiger partial charge in [-0.25, -0.2) is 0 Å². The summed E-state index contributed by atoms with van der Waals surface area (Å²) in [5.74, 6) is 1.30. The van der Waals surface area contributed by atoms with Crippen LogP contribution in [0.1, 0.15) is 47.3 Å². The molecule has 0 saturated heterocycles. The van der Waals surface area contributed by atoms with Gasteiger partial charge < -0.3 is 18.0 Å². The van der Waals surface area contributed by atoms with Crippen LogP contribution in [-0.2, 0) is 0 Å². The second kappa shape index (κ2) is 11.1. The van der Waals surface area contributed by atoms with Gasteiger partial charge in [0.25, 0.3) is 0 Å². The van der Waals surface area contributed by atoms with E-state index in [0.29, 0.717) is 0 Å². The average Bonchev–Trinajstić information content (AvgIpc) is 3.95. The van der Waals surface area contributed by atoms with Crippen molar-refractivity contribution in [2.45, 2.75) is 33.1 Å². The van der Waals surface area contributed by atoms with Crippen molar-refractivity contribution >= 4 is 88.2 Å². The van der Waals surface area contributed by atoms with Crippen LogP contribution in [0.5, 0.6) is 0 Å². The number of nitrogens with zero attached hydrogens (tertiary/aromatic N) is 2. The van der Waals surface area contributed by atoms with Crippen LogP contribution in [0, 0.1) is 13.8 Å². The maximum Gasteiger partial charge on any atom is 0.135 e. The van der Waals surface area contributed by atoms with Crippen molar-refractivity contribution in [3.05, 3.63) is 168 Å². The molecule has 0 spiro atoms. The first-order chi connectivity index (χ1) is 27.0. The predicted molar refractivity (Wildman–Crippen MR) is 229 cm³/mol. The highest BCUT2D eigenvalue weighted by Gasteiger charge is 2.26. The number of rotatable bonds is 3. The minimum absolute atomic E-state index is 0.240. The summed E-state index contributed by atoms with van der Waals surface area (Å²) in [4.78, 5) is 0. The van der Waals surface area contributed by atoms with Gasteiger partial charge in [0.15, 0.2) is 0 Å². The monoisotopic (exact) mass is 708 g/mol. The average molecular weight is 709 g/mol. The molecule has 1 aliphatic carbocycles. The zero-order chi connectivity index (χ0) is 36.5. The van der Waals surface area contributed by atoms with E-state index < -0.39 is 0 Å². The van der Waals surface area contributed by atoms with Crippen LogP contribution in [-0.4, -0.2) is 9.13 Å². The standard InChI is InChI=1S/C51H36N2O2/c1-29-12-17-46-38(22-29)36-8-4-6-10-44(36)52(46)34-15-20-49-41(27-34)40-25-32(14-19-48(40)54-49)33-24-31(3)51-43(26-33)42-28-35(16-21-50(42)55-51)53-45-11-7-5-9-37(45)39-23-30(2)13-18-47(39)53/h4-23,25-28,31H,24H2,1-3H3. The maximum absolute atomic E-state index is 6.61. The number of aryl methyl sites for hydroxylation is 2. The zero-order valence-corrected chi connectivity index (χ0v) is 30.9. The fourth-order valence-electron chi connectivity index (χ4n) is 9.47. The Morgan fingerprint density at radius 3 is 1.64 bits per heavy atom. The van der Waals surface area contributed by atoms with Crippen LogP contribution in [0.15, 0.2) is 148 Å². The fraction of sp³-hybridized carbons (Fsp3) is 0.0980. The molecule has 0 saturated carbocycles. The molecule has 0 radical (unpaired) electrons. The number of hydrogen-bond acceptors (Lipinski definition) is 2. The Hall–Kier alpha value is -6.78. The Morgan fingerprint density at radius 2 is 1.00 bits per heavy atom. The van der Waals surface area contributed by atoms with Crippen LogP contribution in [0.4, 0.5) is 0 Å². The maximum atomic E-state index is 6.61. The summed E-state index contributed by atoms with van der Waals surface area (Å²) in [7, 11) is 0. The third kappa shape index (κ3) is 4.40. The molecule has 1 aliphatic rings. The Bertz CT molecular complexity index is 3450. The number of benzene rings is 7. The molecule has 12 rings (SSSR count). The molecule has 4 heterocycles. The van der Waals surface area contributed by atoms with E-state index in [9.17, 15) is 0 Å². The highest BCUT2D eigenvalue weighted by atomic mass is 16.3. The van der Waals surface area contributed by atoms with Crippen molar-refractivity contribution in [3.8, 4) is 11.4 Å². The SMILES string of the molecule is Cc1ccc2c(c1)c1ccccc1n2-c1ccc2oc3c(c2c1)C=C(c1ccc2oc4ccc(-n5c6ccccc6c6cc(C)ccc65)cc4c2c1)CC3C. The first-order valence-corrected chi connectivity index (χ1v) is 19.2. The number of fused-ring (bicyclic) bond motifs is 12. The third-order valence-electron chi connectivity index (χ3n) is 12.0. The van der Waals surface area contributed by atoms with Crippen LogP contribution in [0.3, 0.4) is 0 Å². The number of allylic oxidation sites excluding steroid dienone is 1. The molecule has 0 amide bonds. The molecule has 0 fully saturated rings. The van der Waals surface area contributed by atoms with E-state index in [4.69, 9.17) is 8.83 Å². The van der Waals surface area contributed by atoms with E-state index in [2.05, 4.69) is 176 Å². The second-order valence-electron chi connectivity index (χ2n) is 15.6. The molecule has 1 atom stereocenters. The summed E-state index contributed by atoms with van der Waals surface area (Å²) < 4.78 is 17.8. The lowest BCUT2D eigenvalue weighted by Crippen LogP contribution is -2.02. The van der Waals surface area contributed by atoms with E-state index in [-0.39, 0.29) is 5.92 Å². The molecule has 11 aromatic rings. The first kappa shape index (κ1) is 30.7. The van der Waals surface area contributed by atoms with Crippen LogP contribution < -0.4 is 0 Å². The lowest BCUT2D eigenvalue weighted by Gasteiger charge is -2.19. The van der Waals surface area contributed by atoms with Gasteiger partial charge in [-0.3, -0.25) is 0 Å². The minimum Gasteiger partial charge on any atom is -0.460 e. The Kier molecular flexibility index (Phi) is 6.20. The van der Waals surface area contributed by atoms with Gasteiger partial charge in [-0.1, -0.05) is 72.6 Å². The summed E-state index contributed by atoms with van der Waals surface area (Å²) in [6, 6.07) is 50.9. The quantitative estimate of drug-likeness (QED) is 0.183. The second-order valence-corrected chi connectivity index (χ2v) is 15.6. The Morgan fingerprint density at radius 1 is 0.473 bits per heavy atom. The van der Waals surface area contributed by atoms with Crippen LogP contribution in [0.2, 0.25) is 0 Å². The predicted octanol–water partition coefficient (Wildman–Crippen LogP) is 14.2. The molecule has 7 aromatic carbocycles. The summed E-state index contributed by atoms with van der Waals surface area (Å²) >= 11 is 0. The fourth-order valence-corrected chi connectivity index (χ4v) is 9.47. The van der Waals surface area contributed by atoms with E-state index >= 15 is 0 Å². The van der Waals surface area contributed by atoms with Crippen molar-refractivity contribution in [2.75, 3.05) is 0 Å². The van der Waals surface area contributed by atoms with Crippen molar-refractivity contribution < 1.29 is 8.83 Å². The normalized spacial score (nSPS) is 14.7. The van der Waals surface area contributed by atoms with E-state index in [1.807, 2.05) is 0 Å². The summed E-state index contributed by atoms with van der Waals surface area (Å²) in [6.07, 6.45) is 3.27. The highest BCUT2D eigenvalue weighted by molar-refractivity contribution is 6.12. The molecular formula is C51H36N2O2. The molecule has 4 heteroatoms. The largest absolute Gasteiger partial charge is 0.460 e. The number of para-hydroxylation sites is 2. The van der Waals surface area contributed by atoms with Gasteiger partial charge in [-0.05, 0) is 122 Å². The highest BCUT2D eigenvalue weighted by Crippen LogP contribution is 2.45. The van der Waals surface area contributed by atoms with E-state index in [1.54, 1.807) is 0 Å². The van der Waals surface area contributed by atoms with E-state index in [0.717, 1.165) is 56.5 Å². The summed E-state index contributed by atoms with van der Waals surface area (Å²) in [5.41, 5.74) is 16.1. The van der Waals surface area contributed by atoms with Crippen molar-refractivity contribution in [1.29, 1.82) is 0 Å². The zero-order valence-electron chi connectivity index (χ0n) is 30.9. The molecule has 0 bridgehead atoms. The van der Waals surface area contributed by atoms with Crippen molar-refractivity contribution in [3.63, 3.8) is 0 Å². The van der Waals surface area contributed by atoms with Gasteiger partial charge >= 0.3 is 0 Å². The van der Waals surface area contributed by atoms with E-state index in [1.165, 1.54) is 71.4 Å².